The second kappa shape index (κ2) is 4.15. The van der Waals surface area contributed by atoms with Crippen molar-refractivity contribution in [3.05, 3.63) is 10.6 Å². The minimum absolute atomic E-state index is 0.200. The zero-order valence-electron chi connectivity index (χ0n) is 8.14. The summed E-state index contributed by atoms with van der Waals surface area (Å²) in [4.78, 5) is 15.1. The van der Waals surface area contributed by atoms with E-state index in [0.717, 1.165) is 10.6 Å². The van der Waals surface area contributed by atoms with E-state index in [-0.39, 0.29) is 5.13 Å². The molecule has 0 aliphatic heterocycles. The number of hydrogen-bond acceptors (Lipinski definition) is 5. The third kappa shape index (κ3) is 3.48. The van der Waals surface area contributed by atoms with E-state index < -0.39 is 21.7 Å². The highest BCUT2D eigenvalue weighted by molar-refractivity contribution is 7.93. The number of aromatic nitrogens is 1. The molecule has 1 aromatic rings. The van der Waals surface area contributed by atoms with E-state index in [2.05, 4.69) is 9.71 Å². The van der Waals surface area contributed by atoms with Crippen molar-refractivity contribution in [1.29, 1.82) is 0 Å². The van der Waals surface area contributed by atoms with E-state index >= 15 is 0 Å². The molecule has 0 aliphatic carbocycles. The average Bonchev–Trinajstić information content (AvgIpc) is 2.25. The third-order valence-electron chi connectivity index (χ3n) is 1.58. The van der Waals surface area contributed by atoms with Gasteiger partial charge in [0.1, 0.15) is 0 Å². The number of sulfonamides is 1. The molecular formula is C7H10N2O4S2. The standard InChI is InChI=1S/C7H10N2O4S2/c1-4-5(2)14-7(8-4)9-15(12,13)3-6(10)11/h3H2,1-2H3,(H,8,9)(H,10,11). The number of rotatable bonds is 4. The Morgan fingerprint density at radius 1 is 1.53 bits per heavy atom. The van der Waals surface area contributed by atoms with Gasteiger partial charge in [-0.25, -0.2) is 13.4 Å². The molecule has 1 aromatic heterocycles. The van der Waals surface area contributed by atoms with Crippen LogP contribution >= 0.6 is 11.3 Å². The van der Waals surface area contributed by atoms with E-state index in [0.29, 0.717) is 0 Å². The summed E-state index contributed by atoms with van der Waals surface area (Å²) in [7, 11) is -3.84. The van der Waals surface area contributed by atoms with Crippen LogP contribution in [0.1, 0.15) is 10.6 Å². The number of carbonyl (C=O) groups is 1. The van der Waals surface area contributed by atoms with Crippen LogP contribution in [0, 0.1) is 13.8 Å². The van der Waals surface area contributed by atoms with E-state index in [1.165, 1.54) is 11.3 Å². The van der Waals surface area contributed by atoms with Crippen molar-refractivity contribution in [2.24, 2.45) is 0 Å². The number of nitrogens with zero attached hydrogens (tertiary/aromatic N) is 1. The SMILES string of the molecule is Cc1nc(NS(=O)(=O)CC(=O)O)sc1C. The van der Waals surface area contributed by atoms with Gasteiger partial charge in [0.05, 0.1) is 5.69 Å². The van der Waals surface area contributed by atoms with Crippen LogP contribution in [-0.2, 0) is 14.8 Å². The molecule has 0 atom stereocenters. The van der Waals surface area contributed by atoms with Crippen LogP contribution in [0.4, 0.5) is 5.13 Å². The fourth-order valence-electron chi connectivity index (χ4n) is 0.848. The molecule has 0 aliphatic rings. The summed E-state index contributed by atoms with van der Waals surface area (Å²) >= 11 is 1.17. The van der Waals surface area contributed by atoms with Crippen LogP contribution in [0.3, 0.4) is 0 Å². The molecule has 0 unspecified atom stereocenters. The van der Waals surface area contributed by atoms with Crippen molar-refractivity contribution in [1.82, 2.24) is 4.98 Å². The summed E-state index contributed by atoms with van der Waals surface area (Å²) < 4.78 is 24.5. The number of aliphatic carboxylic acids is 1. The average molecular weight is 250 g/mol. The fourth-order valence-corrected chi connectivity index (χ4v) is 2.77. The lowest BCUT2D eigenvalue weighted by atomic mass is 10.4. The Labute approximate surface area is 91.0 Å². The maximum absolute atomic E-state index is 11.2. The molecule has 0 amide bonds. The number of carboxylic acid groups (broad SMARTS) is 1. The molecule has 1 heterocycles. The van der Waals surface area contributed by atoms with E-state index in [4.69, 9.17) is 5.11 Å². The lowest BCUT2D eigenvalue weighted by molar-refractivity contribution is -0.134. The minimum Gasteiger partial charge on any atom is -0.480 e. The van der Waals surface area contributed by atoms with Crippen LogP contribution in [0.25, 0.3) is 0 Å². The highest BCUT2D eigenvalue weighted by atomic mass is 32.2. The van der Waals surface area contributed by atoms with Gasteiger partial charge in [0.2, 0.25) is 10.0 Å². The number of hydrogen-bond donors (Lipinski definition) is 2. The Bertz CT molecular complexity index is 458. The summed E-state index contributed by atoms with van der Waals surface area (Å²) in [6.45, 7) is 3.56. The van der Waals surface area contributed by atoms with Crippen molar-refractivity contribution >= 4 is 32.5 Å². The molecule has 0 saturated heterocycles. The van der Waals surface area contributed by atoms with Crippen LogP contribution in [0.2, 0.25) is 0 Å². The smallest absolute Gasteiger partial charge is 0.320 e. The summed E-state index contributed by atoms with van der Waals surface area (Å²) in [5.74, 6) is -2.35. The van der Waals surface area contributed by atoms with E-state index in [1.54, 1.807) is 6.92 Å². The van der Waals surface area contributed by atoms with Gasteiger partial charge in [0.15, 0.2) is 10.9 Å². The molecular weight excluding hydrogens is 240 g/mol. The highest BCUT2D eigenvalue weighted by Gasteiger charge is 2.17. The van der Waals surface area contributed by atoms with Gasteiger partial charge in [-0.2, -0.15) is 0 Å². The molecule has 0 aromatic carbocycles. The third-order valence-corrected chi connectivity index (χ3v) is 3.83. The van der Waals surface area contributed by atoms with Gasteiger partial charge in [-0.3, -0.25) is 9.52 Å². The fraction of sp³-hybridized carbons (Fsp3) is 0.429. The maximum atomic E-state index is 11.2. The lowest BCUT2D eigenvalue weighted by Crippen LogP contribution is -2.22. The minimum atomic E-state index is -3.84. The lowest BCUT2D eigenvalue weighted by Gasteiger charge is -2.00. The van der Waals surface area contributed by atoms with Crippen molar-refractivity contribution in [3.8, 4) is 0 Å². The topological polar surface area (TPSA) is 96.4 Å². The zero-order valence-corrected chi connectivity index (χ0v) is 9.78. The predicted molar refractivity (Wildman–Crippen MR) is 56.6 cm³/mol. The predicted octanol–water partition coefficient (Wildman–Crippen LogP) is 0.586. The Morgan fingerprint density at radius 2 is 2.13 bits per heavy atom. The normalized spacial score (nSPS) is 11.3. The Hall–Kier alpha value is -1.15. The number of nitrogens with one attached hydrogen (secondary N) is 1. The van der Waals surface area contributed by atoms with Crippen molar-refractivity contribution in [2.45, 2.75) is 13.8 Å². The molecule has 0 radical (unpaired) electrons. The van der Waals surface area contributed by atoms with Gasteiger partial charge in [0, 0.05) is 4.88 Å². The monoisotopic (exact) mass is 250 g/mol. The highest BCUT2D eigenvalue weighted by Crippen LogP contribution is 2.21. The van der Waals surface area contributed by atoms with Gasteiger partial charge >= 0.3 is 5.97 Å². The first-order valence-electron chi connectivity index (χ1n) is 3.96. The van der Waals surface area contributed by atoms with Crippen molar-refractivity contribution in [3.63, 3.8) is 0 Å². The summed E-state index contributed by atoms with van der Waals surface area (Å²) in [5, 5.41) is 8.55. The molecule has 0 bridgehead atoms. The van der Waals surface area contributed by atoms with E-state index in [1.807, 2.05) is 6.92 Å². The van der Waals surface area contributed by atoms with Gasteiger partial charge in [0.25, 0.3) is 0 Å². The largest absolute Gasteiger partial charge is 0.480 e. The molecule has 8 heteroatoms. The van der Waals surface area contributed by atoms with Crippen LogP contribution in [-0.4, -0.2) is 30.2 Å². The van der Waals surface area contributed by atoms with Crippen molar-refractivity contribution in [2.75, 3.05) is 10.5 Å². The zero-order chi connectivity index (χ0) is 11.6. The number of carboxylic acids is 1. The molecule has 15 heavy (non-hydrogen) atoms. The molecule has 0 spiro atoms. The first-order valence-corrected chi connectivity index (χ1v) is 6.43. The number of aryl methyl sites for hydroxylation is 2. The van der Waals surface area contributed by atoms with Crippen molar-refractivity contribution < 1.29 is 18.3 Å². The molecule has 0 fully saturated rings. The Kier molecular flexibility index (Phi) is 3.30. The first-order chi connectivity index (χ1) is 6.80. The Morgan fingerprint density at radius 3 is 2.53 bits per heavy atom. The van der Waals surface area contributed by atoms with Gasteiger partial charge in [-0.15, -0.1) is 11.3 Å². The van der Waals surface area contributed by atoms with Crippen LogP contribution < -0.4 is 4.72 Å². The summed E-state index contributed by atoms with van der Waals surface area (Å²) in [6.07, 6.45) is 0. The second-order valence-electron chi connectivity index (χ2n) is 2.92. The van der Waals surface area contributed by atoms with Gasteiger partial charge < -0.3 is 5.11 Å². The Balaban J connectivity index is 2.82. The molecule has 84 valence electrons. The van der Waals surface area contributed by atoms with Crippen LogP contribution in [0.15, 0.2) is 0 Å². The van der Waals surface area contributed by atoms with E-state index in [9.17, 15) is 13.2 Å². The summed E-state index contributed by atoms with van der Waals surface area (Å²) in [5.41, 5.74) is 0.730. The van der Waals surface area contributed by atoms with Gasteiger partial charge in [-0.1, -0.05) is 0 Å². The molecule has 2 N–H and O–H groups in total. The molecule has 0 saturated carbocycles. The molecule has 1 rings (SSSR count). The number of thiazole rings is 1. The maximum Gasteiger partial charge on any atom is 0.320 e. The van der Waals surface area contributed by atoms with Gasteiger partial charge in [-0.05, 0) is 13.8 Å². The quantitative estimate of drug-likeness (QED) is 0.815. The first kappa shape index (κ1) is 11.9. The second-order valence-corrected chi connectivity index (χ2v) is 5.84. The number of anilines is 1. The molecule has 6 nitrogen and oxygen atoms in total. The summed E-state index contributed by atoms with van der Waals surface area (Å²) in [6, 6.07) is 0. The van der Waals surface area contributed by atoms with Crippen LogP contribution in [0.5, 0.6) is 0 Å².